The molecule has 0 spiro atoms. The van der Waals surface area contributed by atoms with Crippen LogP contribution in [0.3, 0.4) is 0 Å². The lowest BCUT2D eigenvalue weighted by Crippen LogP contribution is -2.17. The first-order valence-electron chi connectivity index (χ1n) is 9.22. The van der Waals surface area contributed by atoms with Crippen LogP contribution in [0.15, 0.2) is 65.8 Å². The Morgan fingerprint density at radius 3 is 2.52 bits per heavy atom. The summed E-state index contributed by atoms with van der Waals surface area (Å²) in [6.07, 6.45) is 1.47. The summed E-state index contributed by atoms with van der Waals surface area (Å²) < 4.78 is 16.4. The number of halogens is 2. The van der Waals surface area contributed by atoms with Gasteiger partial charge in [0.1, 0.15) is 12.4 Å². The van der Waals surface area contributed by atoms with Gasteiger partial charge in [-0.05, 0) is 53.6 Å². The molecule has 3 aromatic carbocycles. The molecule has 0 aromatic heterocycles. The van der Waals surface area contributed by atoms with E-state index in [1.165, 1.54) is 20.4 Å². The summed E-state index contributed by atoms with van der Waals surface area (Å²) in [7, 11) is 3.06. The van der Waals surface area contributed by atoms with Gasteiger partial charge in [-0.1, -0.05) is 41.4 Å². The minimum Gasteiger partial charge on any atom is -0.497 e. The molecule has 0 radical (unpaired) electrons. The Balaban J connectivity index is 1.68. The number of amides is 1. The Morgan fingerprint density at radius 1 is 1.03 bits per heavy atom. The highest BCUT2D eigenvalue weighted by Gasteiger charge is 2.12. The van der Waals surface area contributed by atoms with Crippen LogP contribution in [0.4, 0.5) is 0 Å². The molecule has 160 valence electrons. The fraction of sp³-hybridized carbons (Fsp3) is 0.130. The molecule has 3 aromatic rings. The Bertz CT molecular complexity index is 1090. The summed E-state index contributed by atoms with van der Waals surface area (Å²) in [4.78, 5) is 12.2. The van der Waals surface area contributed by atoms with Crippen molar-refractivity contribution in [3.63, 3.8) is 0 Å². The Morgan fingerprint density at radius 2 is 1.81 bits per heavy atom. The number of nitrogens with one attached hydrogen (secondary N) is 1. The zero-order chi connectivity index (χ0) is 22.2. The van der Waals surface area contributed by atoms with Crippen molar-refractivity contribution < 1.29 is 19.0 Å². The Hall–Kier alpha value is -3.22. The van der Waals surface area contributed by atoms with Gasteiger partial charge in [-0.3, -0.25) is 4.79 Å². The van der Waals surface area contributed by atoms with Crippen LogP contribution < -0.4 is 19.6 Å². The summed E-state index contributed by atoms with van der Waals surface area (Å²) in [5, 5.41) is 5.00. The summed E-state index contributed by atoms with van der Waals surface area (Å²) in [6.45, 7) is 0.303. The van der Waals surface area contributed by atoms with Crippen molar-refractivity contribution in [3.8, 4) is 17.2 Å². The number of methoxy groups -OCH3 is 2. The molecule has 1 amide bonds. The van der Waals surface area contributed by atoms with Crippen LogP contribution in [0.5, 0.6) is 17.2 Å². The predicted molar refractivity (Wildman–Crippen MR) is 122 cm³/mol. The number of carbonyl (C=O) groups is 1. The number of hydrazone groups is 1. The van der Waals surface area contributed by atoms with E-state index in [9.17, 15) is 4.79 Å². The summed E-state index contributed by atoms with van der Waals surface area (Å²) in [5.74, 6) is 1.08. The smallest absolute Gasteiger partial charge is 0.271 e. The normalized spacial score (nSPS) is 10.7. The molecule has 0 aliphatic carbocycles. The third-order valence-corrected chi connectivity index (χ3v) is 4.79. The van der Waals surface area contributed by atoms with Crippen LogP contribution in [0.25, 0.3) is 0 Å². The van der Waals surface area contributed by atoms with Crippen molar-refractivity contribution in [2.75, 3.05) is 14.2 Å². The molecule has 0 fully saturated rings. The Kier molecular flexibility index (Phi) is 7.76. The van der Waals surface area contributed by atoms with Crippen LogP contribution in [-0.2, 0) is 6.61 Å². The van der Waals surface area contributed by atoms with Gasteiger partial charge in [0.05, 0.1) is 25.5 Å². The van der Waals surface area contributed by atoms with E-state index < -0.39 is 0 Å². The standard InChI is InChI=1S/C23H20Cl2N2O4/c1-29-19-5-3-4-17(12-19)23(28)27-26-13-16-10-20(25)22(21(11-16)30-2)31-14-15-6-8-18(24)9-7-15/h3-13H,14H2,1-2H3,(H,27,28)/b26-13+. The van der Waals surface area contributed by atoms with Crippen LogP contribution >= 0.6 is 23.2 Å². The van der Waals surface area contributed by atoms with Crippen molar-refractivity contribution in [1.82, 2.24) is 5.43 Å². The second kappa shape index (κ2) is 10.7. The quantitative estimate of drug-likeness (QED) is 0.364. The second-order valence-corrected chi connectivity index (χ2v) is 7.22. The largest absolute Gasteiger partial charge is 0.497 e. The van der Waals surface area contributed by atoms with E-state index in [1.807, 2.05) is 12.1 Å². The molecule has 0 saturated carbocycles. The lowest BCUT2D eigenvalue weighted by atomic mass is 10.2. The highest BCUT2D eigenvalue weighted by molar-refractivity contribution is 6.32. The van der Waals surface area contributed by atoms with E-state index >= 15 is 0 Å². The van der Waals surface area contributed by atoms with E-state index in [4.69, 9.17) is 37.4 Å². The van der Waals surface area contributed by atoms with Crippen molar-refractivity contribution in [2.24, 2.45) is 5.10 Å². The number of rotatable bonds is 8. The molecule has 0 heterocycles. The number of ether oxygens (including phenoxy) is 3. The van der Waals surface area contributed by atoms with Crippen molar-refractivity contribution in [1.29, 1.82) is 0 Å². The van der Waals surface area contributed by atoms with Gasteiger partial charge < -0.3 is 14.2 Å². The van der Waals surface area contributed by atoms with Crippen LogP contribution in [-0.4, -0.2) is 26.3 Å². The zero-order valence-electron chi connectivity index (χ0n) is 16.9. The van der Waals surface area contributed by atoms with Crippen molar-refractivity contribution in [3.05, 3.63) is 87.4 Å². The monoisotopic (exact) mass is 458 g/mol. The number of hydrogen-bond donors (Lipinski definition) is 1. The van der Waals surface area contributed by atoms with Gasteiger partial charge in [-0.15, -0.1) is 0 Å². The maximum atomic E-state index is 12.2. The zero-order valence-corrected chi connectivity index (χ0v) is 18.4. The molecule has 0 bridgehead atoms. The number of hydrogen-bond acceptors (Lipinski definition) is 5. The molecule has 8 heteroatoms. The fourth-order valence-electron chi connectivity index (χ4n) is 2.68. The lowest BCUT2D eigenvalue weighted by Gasteiger charge is -2.13. The average molecular weight is 459 g/mol. The van der Waals surface area contributed by atoms with Crippen LogP contribution in [0.1, 0.15) is 21.5 Å². The number of carbonyl (C=O) groups excluding carboxylic acids is 1. The van der Waals surface area contributed by atoms with Gasteiger partial charge in [0.25, 0.3) is 5.91 Å². The summed E-state index contributed by atoms with van der Waals surface area (Å²) >= 11 is 12.3. The van der Waals surface area contributed by atoms with E-state index in [-0.39, 0.29) is 5.91 Å². The first-order valence-corrected chi connectivity index (χ1v) is 9.98. The van der Waals surface area contributed by atoms with Crippen molar-refractivity contribution >= 4 is 35.3 Å². The van der Waals surface area contributed by atoms with Gasteiger partial charge in [-0.2, -0.15) is 5.10 Å². The minimum atomic E-state index is -0.365. The number of benzene rings is 3. The first kappa shape index (κ1) is 22.5. The second-order valence-electron chi connectivity index (χ2n) is 6.38. The minimum absolute atomic E-state index is 0.303. The van der Waals surface area contributed by atoms with E-state index in [1.54, 1.807) is 48.5 Å². The van der Waals surface area contributed by atoms with Gasteiger partial charge in [0.2, 0.25) is 0 Å². The molecular formula is C23H20Cl2N2O4. The van der Waals surface area contributed by atoms with Crippen molar-refractivity contribution in [2.45, 2.75) is 6.61 Å². The molecule has 3 rings (SSSR count). The van der Waals surface area contributed by atoms with Gasteiger partial charge in [0, 0.05) is 10.6 Å². The molecule has 0 aliphatic rings. The third-order valence-electron chi connectivity index (χ3n) is 4.26. The van der Waals surface area contributed by atoms with E-state index in [0.717, 1.165) is 5.56 Å². The maximum Gasteiger partial charge on any atom is 0.271 e. The first-order chi connectivity index (χ1) is 15.0. The fourth-order valence-corrected chi connectivity index (χ4v) is 3.08. The molecule has 0 atom stereocenters. The average Bonchev–Trinajstić information content (AvgIpc) is 2.79. The SMILES string of the molecule is COc1cccc(C(=O)N/N=C/c2cc(Cl)c(OCc3ccc(Cl)cc3)c(OC)c2)c1. The predicted octanol–water partition coefficient (Wildman–Crippen LogP) is 5.35. The van der Waals surface area contributed by atoms with Gasteiger partial charge in [0.15, 0.2) is 11.5 Å². The van der Waals surface area contributed by atoms with Crippen LogP contribution in [0.2, 0.25) is 10.0 Å². The molecule has 31 heavy (non-hydrogen) atoms. The summed E-state index contributed by atoms with van der Waals surface area (Å²) in [6, 6.07) is 17.5. The topological polar surface area (TPSA) is 69.2 Å². The maximum absolute atomic E-state index is 12.2. The highest BCUT2D eigenvalue weighted by atomic mass is 35.5. The van der Waals surface area contributed by atoms with E-state index in [2.05, 4.69) is 10.5 Å². The van der Waals surface area contributed by atoms with Gasteiger partial charge >= 0.3 is 0 Å². The molecule has 1 N–H and O–H groups in total. The van der Waals surface area contributed by atoms with E-state index in [0.29, 0.717) is 45.0 Å². The summed E-state index contributed by atoms with van der Waals surface area (Å²) in [5.41, 5.74) is 4.47. The molecule has 0 unspecified atom stereocenters. The molecule has 0 saturated heterocycles. The highest BCUT2D eigenvalue weighted by Crippen LogP contribution is 2.36. The van der Waals surface area contributed by atoms with Crippen LogP contribution in [0, 0.1) is 0 Å². The number of nitrogens with zero attached hydrogens (tertiary/aromatic N) is 1. The lowest BCUT2D eigenvalue weighted by molar-refractivity contribution is 0.0955. The molecule has 6 nitrogen and oxygen atoms in total. The Labute approximate surface area is 190 Å². The van der Waals surface area contributed by atoms with Gasteiger partial charge in [-0.25, -0.2) is 5.43 Å². The third kappa shape index (κ3) is 6.13. The molecular weight excluding hydrogens is 439 g/mol. The molecule has 0 aliphatic heterocycles.